The Morgan fingerprint density at radius 1 is 0.833 bits per heavy atom. The first kappa shape index (κ1) is 39.2. The van der Waals surface area contributed by atoms with E-state index in [1.165, 1.54) is 6.92 Å². The Balaban J connectivity index is 0.000000286. The number of aromatic nitrogens is 2. The summed E-state index contributed by atoms with van der Waals surface area (Å²) >= 11 is 0. The van der Waals surface area contributed by atoms with Crippen molar-refractivity contribution in [1.29, 1.82) is 0 Å². The Bertz CT molecular complexity index is 1470. The molecule has 2 aromatic heterocycles. The minimum Gasteiger partial charge on any atom is -0.466 e. The number of esters is 1. The normalized spacial score (nSPS) is 14.8. The van der Waals surface area contributed by atoms with Crippen molar-refractivity contribution in [3.8, 4) is 0 Å². The fourth-order valence-electron chi connectivity index (χ4n) is 4.70. The lowest BCUT2D eigenvalue weighted by Gasteiger charge is -2.33. The lowest BCUT2D eigenvalue weighted by molar-refractivity contribution is -0.140. The average Bonchev–Trinajstić information content (AvgIpc) is 3.04. The molecule has 0 unspecified atom stereocenters. The standard InChI is InChI=1S/C16H21N3O2.C16H19N3O2.C4H8O2/c2*1-16(2,3)21-15(20)19-9-7-12(8-10-19)13-5-6-14(17-4)18-11-13;1-3-6-4(2)5/h5-6,11-12H,7-10H2,1-3H3;5-7,11H,8-10H2,1-3H3;3H2,1-2H3. The fourth-order valence-corrected chi connectivity index (χ4v) is 4.70. The molecule has 1 fully saturated rings. The number of pyridine rings is 2. The van der Waals surface area contributed by atoms with Crippen LogP contribution in [0.1, 0.15) is 91.7 Å². The van der Waals surface area contributed by atoms with E-state index in [1.807, 2.05) is 59.8 Å². The van der Waals surface area contributed by atoms with E-state index in [2.05, 4.69) is 24.4 Å². The van der Waals surface area contributed by atoms with E-state index in [1.54, 1.807) is 41.2 Å². The maximum absolute atomic E-state index is 12.0. The second-order valence-corrected chi connectivity index (χ2v) is 13.2. The van der Waals surface area contributed by atoms with Crippen LogP contribution in [0, 0.1) is 13.1 Å². The molecule has 4 rings (SSSR count). The Hall–Kier alpha value is -4.97. The third kappa shape index (κ3) is 14.2. The zero-order chi connectivity index (χ0) is 35.9. The van der Waals surface area contributed by atoms with Crippen molar-refractivity contribution < 1.29 is 28.6 Å². The molecule has 0 spiro atoms. The molecule has 1 saturated heterocycles. The summed E-state index contributed by atoms with van der Waals surface area (Å²) in [6.45, 7) is 31.2. The number of amides is 2. The summed E-state index contributed by atoms with van der Waals surface area (Å²) in [5.41, 5.74) is 2.38. The largest absolute Gasteiger partial charge is 0.466 e. The first-order valence-electron chi connectivity index (χ1n) is 16.0. The van der Waals surface area contributed by atoms with Crippen LogP contribution in [0.5, 0.6) is 0 Å². The Kier molecular flexibility index (Phi) is 15.0. The summed E-state index contributed by atoms with van der Waals surface area (Å²) in [6.07, 6.45) is 7.56. The molecule has 0 aromatic carbocycles. The van der Waals surface area contributed by atoms with Crippen molar-refractivity contribution >= 4 is 35.4 Å². The summed E-state index contributed by atoms with van der Waals surface area (Å²) in [4.78, 5) is 52.0. The minimum absolute atomic E-state index is 0.211. The van der Waals surface area contributed by atoms with Crippen molar-refractivity contribution in [2.24, 2.45) is 0 Å². The van der Waals surface area contributed by atoms with Crippen LogP contribution in [0.25, 0.3) is 15.3 Å². The van der Waals surface area contributed by atoms with Crippen LogP contribution < -0.4 is 0 Å². The summed E-state index contributed by atoms with van der Waals surface area (Å²) in [6, 6.07) is 7.33. The van der Waals surface area contributed by atoms with Crippen LogP contribution in [0.2, 0.25) is 0 Å². The van der Waals surface area contributed by atoms with Gasteiger partial charge in [-0.05, 0) is 96.9 Å². The van der Waals surface area contributed by atoms with Gasteiger partial charge in [-0.2, -0.15) is 0 Å². The quantitative estimate of drug-likeness (QED) is 0.185. The number of hydrogen-bond donors (Lipinski definition) is 0. The number of ether oxygens (including phenoxy) is 3. The zero-order valence-electron chi connectivity index (χ0n) is 29.4. The topological polar surface area (TPSA) is 120 Å². The van der Waals surface area contributed by atoms with Crippen LogP contribution >= 0.6 is 0 Å². The fraction of sp³-hybridized carbons (Fsp3) is 0.528. The highest BCUT2D eigenvalue weighted by atomic mass is 16.6. The van der Waals surface area contributed by atoms with Gasteiger partial charge in [-0.3, -0.25) is 4.79 Å². The van der Waals surface area contributed by atoms with Gasteiger partial charge < -0.3 is 33.7 Å². The van der Waals surface area contributed by atoms with E-state index >= 15 is 0 Å². The molecule has 12 heteroatoms. The molecule has 2 amide bonds. The van der Waals surface area contributed by atoms with Crippen LogP contribution in [-0.4, -0.2) is 81.9 Å². The van der Waals surface area contributed by atoms with Crippen molar-refractivity contribution in [1.82, 2.24) is 19.8 Å². The molecule has 12 nitrogen and oxygen atoms in total. The SMILES string of the molecule is CCOC(C)=O.[C-]#[N+]c1ccc(C2=CCN(C(=O)OC(C)(C)C)CC2)cn1.[C-]#[N+]c1ccc(C2CCN(C(=O)OC(C)(C)C)CC2)cn1. The van der Waals surface area contributed by atoms with Gasteiger partial charge in [0.1, 0.15) is 23.6 Å². The molecular weight excluding hydrogens is 612 g/mol. The van der Waals surface area contributed by atoms with Gasteiger partial charge in [-0.15, -0.1) is 9.97 Å². The van der Waals surface area contributed by atoms with Crippen molar-refractivity contribution in [3.63, 3.8) is 0 Å². The third-order valence-electron chi connectivity index (χ3n) is 6.94. The zero-order valence-corrected chi connectivity index (χ0v) is 29.4. The van der Waals surface area contributed by atoms with E-state index in [-0.39, 0.29) is 18.2 Å². The summed E-state index contributed by atoms with van der Waals surface area (Å²) in [7, 11) is 0. The molecule has 2 aromatic rings. The van der Waals surface area contributed by atoms with Crippen LogP contribution in [-0.2, 0) is 19.0 Å². The Morgan fingerprint density at radius 2 is 1.38 bits per heavy atom. The molecule has 48 heavy (non-hydrogen) atoms. The number of carbonyl (C=O) groups is 3. The molecule has 0 bridgehead atoms. The highest BCUT2D eigenvalue weighted by Crippen LogP contribution is 2.29. The van der Waals surface area contributed by atoms with E-state index in [0.717, 1.165) is 36.0 Å². The lowest BCUT2D eigenvalue weighted by Crippen LogP contribution is -2.41. The van der Waals surface area contributed by atoms with Gasteiger partial charge in [0.05, 0.1) is 6.61 Å². The second-order valence-electron chi connectivity index (χ2n) is 13.2. The van der Waals surface area contributed by atoms with Crippen molar-refractivity contribution in [2.45, 2.75) is 91.8 Å². The van der Waals surface area contributed by atoms with E-state index in [0.29, 0.717) is 50.3 Å². The summed E-state index contributed by atoms with van der Waals surface area (Å²) < 4.78 is 15.2. The molecular formula is C36H48N6O6. The summed E-state index contributed by atoms with van der Waals surface area (Å²) in [5, 5.41) is 0. The molecule has 2 aliphatic heterocycles. The number of nitrogens with zero attached hydrogens (tertiary/aromatic N) is 6. The number of hydrogen-bond acceptors (Lipinski definition) is 8. The minimum atomic E-state index is -0.472. The summed E-state index contributed by atoms with van der Waals surface area (Å²) in [5.74, 6) is 1.00. The van der Waals surface area contributed by atoms with Gasteiger partial charge >= 0.3 is 18.2 Å². The van der Waals surface area contributed by atoms with Crippen LogP contribution in [0.4, 0.5) is 21.2 Å². The van der Waals surface area contributed by atoms with Gasteiger partial charge in [0.25, 0.3) is 11.6 Å². The van der Waals surface area contributed by atoms with Crippen molar-refractivity contribution in [2.75, 3.05) is 32.8 Å². The van der Waals surface area contributed by atoms with Crippen LogP contribution in [0.3, 0.4) is 0 Å². The highest BCUT2D eigenvalue weighted by molar-refractivity contribution is 5.73. The maximum Gasteiger partial charge on any atom is 0.410 e. The van der Waals surface area contributed by atoms with E-state index in [9.17, 15) is 14.4 Å². The third-order valence-corrected chi connectivity index (χ3v) is 6.94. The van der Waals surface area contributed by atoms with Gasteiger partial charge in [0, 0.05) is 38.7 Å². The monoisotopic (exact) mass is 660 g/mol. The van der Waals surface area contributed by atoms with Gasteiger partial charge in [-0.25, -0.2) is 9.59 Å². The van der Waals surface area contributed by atoms with Crippen molar-refractivity contribution in [3.05, 3.63) is 76.7 Å². The molecule has 0 saturated carbocycles. The molecule has 258 valence electrons. The molecule has 0 N–H and O–H groups in total. The van der Waals surface area contributed by atoms with Crippen LogP contribution in [0.15, 0.2) is 42.7 Å². The first-order chi connectivity index (χ1) is 22.5. The maximum atomic E-state index is 12.0. The smallest absolute Gasteiger partial charge is 0.410 e. The first-order valence-corrected chi connectivity index (χ1v) is 16.0. The molecule has 4 heterocycles. The number of piperidine rings is 1. The predicted molar refractivity (Wildman–Crippen MR) is 183 cm³/mol. The molecule has 0 aliphatic carbocycles. The molecule has 2 aliphatic rings. The van der Waals surface area contributed by atoms with Gasteiger partial charge in [0.2, 0.25) is 0 Å². The highest BCUT2D eigenvalue weighted by Gasteiger charge is 2.28. The van der Waals surface area contributed by atoms with Gasteiger partial charge in [-0.1, -0.05) is 31.4 Å². The predicted octanol–water partition coefficient (Wildman–Crippen LogP) is 7.97. The van der Waals surface area contributed by atoms with E-state index < -0.39 is 11.2 Å². The average molecular weight is 661 g/mol. The molecule has 0 radical (unpaired) electrons. The number of likely N-dealkylation sites (tertiary alicyclic amines) is 1. The Labute approximate surface area is 284 Å². The van der Waals surface area contributed by atoms with E-state index in [4.69, 9.17) is 22.6 Å². The van der Waals surface area contributed by atoms with Gasteiger partial charge in [0.15, 0.2) is 0 Å². The number of carbonyl (C=O) groups excluding carboxylic acids is 3. The second kappa shape index (κ2) is 18.4. The number of rotatable bonds is 3. The molecule has 0 atom stereocenters. The lowest BCUT2D eigenvalue weighted by atomic mass is 9.91. The Morgan fingerprint density at radius 3 is 1.75 bits per heavy atom.